The van der Waals surface area contributed by atoms with Crippen molar-refractivity contribution < 1.29 is 4.79 Å². The minimum atomic E-state index is -0.149. The summed E-state index contributed by atoms with van der Waals surface area (Å²) in [5.74, 6) is 0.115. The number of aryl methyl sites for hydroxylation is 1. The maximum Gasteiger partial charge on any atom is 0.258 e. The zero-order chi connectivity index (χ0) is 25.8. The van der Waals surface area contributed by atoms with Crippen LogP contribution < -0.4 is 5.56 Å². The van der Waals surface area contributed by atoms with Crippen molar-refractivity contribution in [1.82, 2.24) is 9.55 Å². The predicted octanol–water partition coefficient (Wildman–Crippen LogP) is 6.48. The molecule has 1 fully saturated rings. The van der Waals surface area contributed by atoms with Crippen molar-refractivity contribution in [2.24, 2.45) is 0 Å². The fraction of sp³-hybridized carbons (Fsp3) is 0.281. The summed E-state index contributed by atoms with van der Waals surface area (Å²) in [7, 11) is 0. The van der Waals surface area contributed by atoms with Crippen LogP contribution in [-0.4, -0.2) is 21.1 Å². The molecule has 5 heteroatoms. The number of carbonyl (C=O) groups is 1. The minimum absolute atomic E-state index is 0.0536. The third-order valence-electron chi connectivity index (χ3n) is 7.67. The van der Waals surface area contributed by atoms with Gasteiger partial charge in [0.15, 0.2) is 10.9 Å². The molecule has 0 aliphatic heterocycles. The van der Waals surface area contributed by atoms with Crippen LogP contribution in [-0.2, 0) is 29.6 Å². The number of carbonyl (C=O) groups excluding carboxylic acids is 1. The SMILES string of the molecule is C=C/C=C(\C=C)C(=O)CSc1nc2c(c(=O)n1CCc1ccccc1)C1(CCCC1)Cc1ccccc1-2. The van der Waals surface area contributed by atoms with E-state index in [0.29, 0.717) is 17.3 Å². The molecule has 0 atom stereocenters. The van der Waals surface area contributed by atoms with E-state index in [0.717, 1.165) is 55.3 Å². The minimum Gasteiger partial charge on any atom is -0.293 e. The first-order chi connectivity index (χ1) is 18.1. The summed E-state index contributed by atoms with van der Waals surface area (Å²) in [5, 5.41) is 0.597. The van der Waals surface area contributed by atoms with Gasteiger partial charge in [-0.15, -0.1) is 0 Å². The van der Waals surface area contributed by atoms with Crippen LogP contribution in [0.25, 0.3) is 11.3 Å². The summed E-state index contributed by atoms with van der Waals surface area (Å²) in [6.07, 6.45) is 10.7. The van der Waals surface area contributed by atoms with Crippen molar-refractivity contribution in [2.75, 3.05) is 5.75 Å². The van der Waals surface area contributed by atoms with Gasteiger partial charge in [0.1, 0.15) is 0 Å². The van der Waals surface area contributed by atoms with Gasteiger partial charge in [-0.25, -0.2) is 4.98 Å². The largest absolute Gasteiger partial charge is 0.293 e. The fourth-order valence-corrected chi connectivity index (χ4v) is 6.77. The highest BCUT2D eigenvalue weighted by atomic mass is 32.2. The zero-order valence-corrected chi connectivity index (χ0v) is 21.9. The molecule has 1 spiro atoms. The lowest BCUT2D eigenvalue weighted by Crippen LogP contribution is -2.40. The van der Waals surface area contributed by atoms with Gasteiger partial charge in [-0.2, -0.15) is 0 Å². The van der Waals surface area contributed by atoms with Gasteiger partial charge >= 0.3 is 0 Å². The van der Waals surface area contributed by atoms with Crippen LogP contribution in [0.3, 0.4) is 0 Å². The lowest BCUT2D eigenvalue weighted by molar-refractivity contribution is -0.112. The molecule has 2 aromatic carbocycles. The maximum absolute atomic E-state index is 14.3. The number of allylic oxidation sites excluding steroid dienone is 4. The quantitative estimate of drug-likeness (QED) is 0.144. The molecule has 0 radical (unpaired) electrons. The van der Waals surface area contributed by atoms with Crippen LogP contribution >= 0.6 is 11.8 Å². The van der Waals surface area contributed by atoms with Crippen LogP contribution in [0.1, 0.15) is 42.4 Å². The van der Waals surface area contributed by atoms with E-state index in [1.165, 1.54) is 22.9 Å². The summed E-state index contributed by atoms with van der Waals surface area (Å²) in [6.45, 7) is 7.97. The molecular formula is C32H32N2O2S. The molecule has 0 bridgehead atoms. The Morgan fingerprint density at radius 2 is 1.78 bits per heavy atom. The van der Waals surface area contributed by atoms with Gasteiger partial charge in [0.2, 0.25) is 0 Å². The molecule has 4 nitrogen and oxygen atoms in total. The highest BCUT2D eigenvalue weighted by molar-refractivity contribution is 7.99. The molecule has 37 heavy (non-hydrogen) atoms. The Morgan fingerprint density at radius 3 is 2.51 bits per heavy atom. The average molecular weight is 509 g/mol. The van der Waals surface area contributed by atoms with Gasteiger partial charge < -0.3 is 0 Å². The molecule has 188 valence electrons. The summed E-state index contributed by atoms with van der Waals surface area (Å²) in [6, 6.07) is 18.5. The molecular weight excluding hydrogens is 476 g/mol. The predicted molar refractivity (Wildman–Crippen MR) is 152 cm³/mol. The van der Waals surface area contributed by atoms with Crippen LogP contribution in [0, 0.1) is 0 Å². The first-order valence-electron chi connectivity index (χ1n) is 12.9. The summed E-state index contributed by atoms with van der Waals surface area (Å²) in [5.41, 5.74) is 5.59. The first-order valence-corrected chi connectivity index (χ1v) is 13.9. The first kappa shape index (κ1) is 25.2. The zero-order valence-electron chi connectivity index (χ0n) is 21.1. The molecule has 0 amide bonds. The average Bonchev–Trinajstić information content (AvgIpc) is 3.38. The van der Waals surface area contributed by atoms with E-state index in [9.17, 15) is 9.59 Å². The molecule has 1 heterocycles. The van der Waals surface area contributed by atoms with Crippen LogP contribution in [0.5, 0.6) is 0 Å². The van der Waals surface area contributed by atoms with Crippen molar-refractivity contribution in [3.05, 3.63) is 119 Å². The van der Waals surface area contributed by atoms with E-state index in [-0.39, 0.29) is 22.5 Å². The Labute approximate surface area is 222 Å². The smallest absolute Gasteiger partial charge is 0.258 e. The molecule has 0 unspecified atom stereocenters. The second kappa shape index (κ2) is 10.9. The third-order valence-corrected chi connectivity index (χ3v) is 8.64. The van der Waals surface area contributed by atoms with E-state index in [4.69, 9.17) is 4.98 Å². The topological polar surface area (TPSA) is 52.0 Å². The monoisotopic (exact) mass is 508 g/mol. The number of thioether (sulfide) groups is 1. The van der Waals surface area contributed by atoms with Crippen molar-refractivity contribution in [2.45, 2.75) is 55.6 Å². The number of aromatic nitrogens is 2. The van der Waals surface area contributed by atoms with E-state index in [1.807, 2.05) is 28.8 Å². The second-order valence-electron chi connectivity index (χ2n) is 9.91. The van der Waals surface area contributed by atoms with E-state index in [2.05, 4.69) is 43.5 Å². The normalized spacial score (nSPS) is 15.7. The number of nitrogens with zero attached hydrogens (tertiary/aromatic N) is 2. The number of fused-ring (bicyclic) bond motifs is 4. The lowest BCUT2D eigenvalue weighted by atomic mass is 9.68. The van der Waals surface area contributed by atoms with Gasteiger partial charge in [0.25, 0.3) is 5.56 Å². The van der Waals surface area contributed by atoms with Crippen LogP contribution in [0.15, 0.2) is 102 Å². The Kier molecular flexibility index (Phi) is 7.43. The Morgan fingerprint density at radius 1 is 1.05 bits per heavy atom. The Hall–Kier alpha value is -3.44. The number of hydrogen-bond acceptors (Lipinski definition) is 4. The molecule has 0 saturated heterocycles. The highest BCUT2D eigenvalue weighted by Gasteiger charge is 2.44. The number of benzene rings is 2. The van der Waals surface area contributed by atoms with Crippen molar-refractivity contribution in [3.63, 3.8) is 0 Å². The molecule has 2 aliphatic carbocycles. The summed E-state index contributed by atoms with van der Waals surface area (Å²) >= 11 is 1.33. The summed E-state index contributed by atoms with van der Waals surface area (Å²) in [4.78, 5) is 32.4. The van der Waals surface area contributed by atoms with Gasteiger partial charge in [-0.1, -0.05) is 111 Å². The Bertz CT molecular complexity index is 1430. The Balaban J connectivity index is 1.61. The highest BCUT2D eigenvalue weighted by Crippen LogP contribution is 2.50. The van der Waals surface area contributed by atoms with E-state index < -0.39 is 0 Å². The number of rotatable bonds is 9. The van der Waals surface area contributed by atoms with Crippen molar-refractivity contribution >= 4 is 17.5 Å². The van der Waals surface area contributed by atoms with Crippen molar-refractivity contribution in [1.29, 1.82) is 0 Å². The van der Waals surface area contributed by atoms with Gasteiger partial charge in [-0.3, -0.25) is 14.2 Å². The van der Waals surface area contributed by atoms with E-state index >= 15 is 0 Å². The lowest BCUT2D eigenvalue weighted by Gasteiger charge is -2.36. The third kappa shape index (κ3) is 4.93. The molecule has 0 N–H and O–H groups in total. The number of hydrogen-bond donors (Lipinski definition) is 0. The molecule has 3 aromatic rings. The fourth-order valence-electron chi connectivity index (χ4n) is 5.85. The summed E-state index contributed by atoms with van der Waals surface area (Å²) < 4.78 is 1.82. The second-order valence-corrected chi connectivity index (χ2v) is 10.8. The molecule has 1 saturated carbocycles. The van der Waals surface area contributed by atoms with Gasteiger partial charge in [0.05, 0.1) is 17.0 Å². The van der Waals surface area contributed by atoms with Gasteiger partial charge in [0, 0.05) is 23.1 Å². The standard InChI is InChI=1S/C32H32N2O2S/c1-3-12-24(4-2)27(35)22-37-31-33-29-26-16-9-8-15-25(26)21-32(18-10-11-19-32)28(29)30(36)34(31)20-17-23-13-6-5-7-14-23/h3-9,12-16H,1-2,10-11,17-22H2/b24-12+. The van der Waals surface area contributed by atoms with E-state index in [1.54, 1.807) is 18.2 Å². The molecule has 2 aliphatic rings. The number of Topliss-reactive ketones (excluding diaryl/α,β-unsaturated/α-hetero) is 1. The van der Waals surface area contributed by atoms with Crippen LogP contribution in [0.2, 0.25) is 0 Å². The van der Waals surface area contributed by atoms with Crippen LogP contribution in [0.4, 0.5) is 0 Å². The van der Waals surface area contributed by atoms with Gasteiger partial charge in [-0.05, 0) is 36.8 Å². The molecule has 5 rings (SSSR count). The maximum atomic E-state index is 14.3. The number of ketones is 1. The molecule has 1 aromatic heterocycles. The van der Waals surface area contributed by atoms with Crippen molar-refractivity contribution in [3.8, 4) is 11.3 Å².